The Hall–Kier alpha value is -1.76. The van der Waals surface area contributed by atoms with Crippen LogP contribution in [0.15, 0.2) is 30.5 Å². The highest BCUT2D eigenvalue weighted by molar-refractivity contribution is 5.62. The average Bonchev–Trinajstić information content (AvgIpc) is 3.11. The van der Waals surface area contributed by atoms with Crippen molar-refractivity contribution < 1.29 is 9.50 Å². The Morgan fingerprint density at radius 1 is 1.28 bits per heavy atom. The summed E-state index contributed by atoms with van der Waals surface area (Å²) in [5, 5.41) is 20.0. The quantitative estimate of drug-likeness (QED) is 0.643. The molecule has 1 aromatic carbocycles. The van der Waals surface area contributed by atoms with Gasteiger partial charge in [0.15, 0.2) is 0 Å². The van der Waals surface area contributed by atoms with E-state index in [-0.39, 0.29) is 12.4 Å². The largest absolute Gasteiger partial charge is 0.395 e. The van der Waals surface area contributed by atoms with Crippen LogP contribution in [0.2, 0.25) is 0 Å². The van der Waals surface area contributed by atoms with E-state index in [0.717, 1.165) is 55.8 Å². The van der Waals surface area contributed by atoms with Crippen LogP contribution in [0.5, 0.6) is 0 Å². The van der Waals surface area contributed by atoms with Crippen LogP contribution < -0.4 is 5.32 Å². The SMILES string of the molecule is OC[C@H]1CCCCN1CCCNCc1cn[nH]c1-c1ccc(F)cc1. The number of rotatable bonds is 8. The Balaban J connectivity index is 1.44. The number of aliphatic hydroxyl groups excluding tert-OH is 1. The zero-order valence-corrected chi connectivity index (χ0v) is 14.5. The van der Waals surface area contributed by atoms with Crippen molar-refractivity contribution in [2.75, 3.05) is 26.2 Å². The second kappa shape index (κ2) is 9.08. The predicted octanol–water partition coefficient (Wildman–Crippen LogP) is 2.54. The molecule has 0 amide bonds. The lowest BCUT2D eigenvalue weighted by Gasteiger charge is -2.34. The molecule has 1 aliphatic rings. The van der Waals surface area contributed by atoms with Crippen molar-refractivity contribution in [3.8, 4) is 11.3 Å². The molecule has 2 aromatic rings. The molecule has 5 nitrogen and oxygen atoms in total. The van der Waals surface area contributed by atoms with Crippen LogP contribution in [-0.2, 0) is 6.54 Å². The predicted molar refractivity (Wildman–Crippen MR) is 96.6 cm³/mol. The number of likely N-dealkylation sites (tertiary alicyclic amines) is 1. The topological polar surface area (TPSA) is 64.2 Å². The van der Waals surface area contributed by atoms with Crippen molar-refractivity contribution in [2.45, 2.75) is 38.3 Å². The van der Waals surface area contributed by atoms with Crippen LogP contribution in [0.1, 0.15) is 31.2 Å². The van der Waals surface area contributed by atoms with Crippen molar-refractivity contribution in [3.05, 3.63) is 41.8 Å². The number of piperidine rings is 1. The standard InChI is InChI=1S/C19H27FN4O/c20-17-7-5-15(6-8-17)19-16(13-22-23-19)12-21-9-3-11-24-10-2-1-4-18(24)14-25/h5-8,13,18,21,25H,1-4,9-12,14H2,(H,22,23)/t18-/m1/s1. The molecule has 6 heteroatoms. The van der Waals surface area contributed by atoms with E-state index in [1.54, 1.807) is 12.1 Å². The van der Waals surface area contributed by atoms with Gasteiger partial charge in [-0.15, -0.1) is 0 Å². The first-order chi connectivity index (χ1) is 12.3. The van der Waals surface area contributed by atoms with Gasteiger partial charge in [0.1, 0.15) is 5.82 Å². The maximum Gasteiger partial charge on any atom is 0.123 e. The number of nitrogens with one attached hydrogen (secondary N) is 2. The van der Waals surface area contributed by atoms with E-state index in [1.165, 1.54) is 25.0 Å². The average molecular weight is 346 g/mol. The van der Waals surface area contributed by atoms with Gasteiger partial charge < -0.3 is 10.4 Å². The fraction of sp³-hybridized carbons (Fsp3) is 0.526. The third kappa shape index (κ3) is 4.87. The van der Waals surface area contributed by atoms with Crippen molar-refractivity contribution in [3.63, 3.8) is 0 Å². The van der Waals surface area contributed by atoms with Crippen molar-refractivity contribution in [1.29, 1.82) is 0 Å². The van der Waals surface area contributed by atoms with E-state index in [9.17, 15) is 9.50 Å². The lowest BCUT2D eigenvalue weighted by Crippen LogP contribution is -2.42. The number of benzene rings is 1. The Labute approximate surface area is 148 Å². The molecule has 1 aromatic heterocycles. The highest BCUT2D eigenvalue weighted by atomic mass is 19.1. The molecule has 0 radical (unpaired) electrons. The minimum atomic E-state index is -0.234. The maximum absolute atomic E-state index is 13.1. The number of H-pyrrole nitrogens is 1. The molecule has 136 valence electrons. The number of aliphatic hydroxyl groups is 1. The van der Waals surface area contributed by atoms with Crippen LogP contribution in [0, 0.1) is 5.82 Å². The molecule has 0 bridgehead atoms. The summed E-state index contributed by atoms with van der Waals surface area (Å²) in [5.74, 6) is -0.234. The number of halogens is 1. The molecular formula is C19H27FN4O. The molecule has 0 aliphatic carbocycles. The van der Waals surface area contributed by atoms with E-state index < -0.39 is 0 Å². The van der Waals surface area contributed by atoms with E-state index in [4.69, 9.17) is 0 Å². The Morgan fingerprint density at radius 3 is 2.92 bits per heavy atom. The van der Waals surface area contributed by atoms with Crippen LogP contribution in [0.3, 0.4) is 0 Å². The van der Waals surface area contributed by atoms with Crippen molar-refractivity contribution >= 4 is 0 Å². The Morgan fingerprint density at radius 2 is 2.12 bits per heavy atom. The number of hydrogen-bond donors (Lipinski definition) is 3. The van der Waals surface area contributed by atoms with Crippen LogP contribution >= 0.6 is 0 Å². The highest BCUT2D eigenvalue weighted by Gasteiger charge is 2.20. The minimum Gasteiger partial charge on any atom is -0.395 e. The van der Waals surface area contributed by atoms with Gasteiger partial charge in [-0.05, 0) is 63.2 Å². The lowest BCUT2D eigenvalue weighted by atomic mass is 10.0. The van der Waals surface area contributed by atoms with Gasteiger partial charge >= 0.3 is 0 Å². The first kappa shape index (κ1) is 18.0. The molecule has 1 aliphatic heterocycles. The zero-order chi connectivity index (χ0) is 17.5. The summed E-state index contributed by atoms with van der Waals surface area (Å²) in [7, 11) is 0. The fourth-order valence-electron chi connectivity index (χ4n) is 3.50. The number of nitrogens with zero attached hydrogens (tertiary/aromatic N) is 2. The molecule has 1 fully saturated rings. The molecule has 1 atom stereocenters. The smallest absolute Gasteiger partial charge is 0.123 e. The van der Waals surface area contributed by atoms with Gasteiger partial charge in [0, 0.05) is 23.7 Å². The monoisotopic (exact) mass is 346 g/mol. The molecule has 0 unspecified atom stereocenters. The van der Waals surface area contributed by atoms with Crippen molar-refractivity contribution in [2.24, 2.45) is 0 Å². The maximum atomic E-state index is 13.1. The van der Waals surface area contributed by atoms with Crippen LogP contribution in [0.4, 0.5) is 4.39 Å². The van der Waals surface area contributed by atoms with E-state index in [1.807, 2.05) is 6.20 Å². The fourth-order valence-corrected chi connectivity index (χ4v) is 3.50. The lowest BCUT2D eigenvalue weighted by molar-refractivity contribution is 0.0893. The minimum absolute atomic E-state index is 0.234. The summed E-state index contributed by atoms with van der Waals surface area (Å²) in [6.45, 7) is 4.04. The molecule has 2 heterocycles. The number of hydrogen-bond acceptors (Lipinski definition) is 4. The third-order valence-corrected chi connectivity index (χ3v) is 4.92. The summed E-state index contributed by atoms with van der Waals surface area (Å²) < 4.78 is 13.1. The summed E-state index contributed by atoms with van der Waals surface area (Å²) in [6, 6.07) is 6.79. The van der Waals surface area contributed by atoms with Gasteiger partial charge in [-0.2, -0.15) is 5.10 Å². The molecule has 0 saturated carbocycles. The Kier molecular flexibility index (Phi) is 6.55. The first-order valence-electron chi connectivity index (χ1n) is 9.11. The molecular weight excluding hydrogens is 319 g/mol. The molecule has 0 spiro atoms. The van der Waals surface area contributed by atoms with Gasteiger partial charge in [0.25, 0.3) is 0 Å². The number of aromatic amines is 1. The molecule has 3 rings (SSSR count). The van der Waals surface area contributed by atoms with Crippen LogP contribution in [0.25, 0.3) is 11.3 Å². The second-order valence-electron chi connectivity index (χ2n) is 6.68. The third-order valence-electron chi connectivity index (χ3n) is 4.92. The van der Waals surface area contributed by atoms with Gasteiger partial charge in [-0.3, -0.25) is 10.00 Å². The summed E-state index contributed by atoms with van der Waals surface area (Å²) in [5.41, 5.74) is 2.96. The normalized spacial score (nSPS) is 18.6. The molecule has 3 N–H and O–H groups in total. The summed E-state index contributed by atoms with van der Waals surface area (Å²) in [6.07, 6.45) is 6.45. The van der Waals surface area contributed by atoms with E-state index in [0.29, 0.717) is 6.04 Å². The molecule has 1 saturated heterocycles. The number of aromatic nitrogens is 2. The Bertz CT molecular complexity index is 643. The second-order valence-corrected chi connectivity index (χ2v) is 6.68. The highest BCUT2D eigenvalue weighted by Crippen LogP contribution is 2.21. The van der Waals surface area contributed by atoms with Crippen LogP contribution in [-0.4, -0.2) is 52.5 Å². The van der Waals surface area contributed by atoms with E-state index in [2.05, 4.69) is 20.4 Å². The van der Waals surface area contributed by atoms with Gasteiger partial charge in [-0.1, -0.05) is 6.42 Å². The first-order valence-corrected chi connectivity index (χ1v) is 9.11. The van der Waals surface area contributed by atoms with Gasteiger partial charge in [-0.25, -0.2) is 4.39 Å². The zero-order valence-electron chi connectivity index (χ0n) is 14.5. The summed E-state index contributed by atoms with van der Waals surface area (Å²) in [4.78, 5) is 2.41. The van der Waals surface area contributed by atoms with Gasteiger partial charge in [0.2, 0.25) is 0 Å². The van der Waals surface area contributed by atoms with Gasteiger partial charge in [0.05, 0.1) is 18.5 Å². The summed E-state index contributed by atoms with van der Waals surface area (Å²) >= 11 is 0. The molecule has 25 heavy (non-hydrogen) atoms. The van der Waals surface area contributed by atoms with Crippen molar-refractivity contribution in [1.82, 2.24) is 20.4 Å². The van der Waals surface area contributed by atoms with E-state index >= 15 is 0 Å².